The summed E-state index contributed by atoms with van der Waals surface area (Å²) in [5.41, 5.74) is 1.40. The van der Waals surface area contributed by atoms with Crippen LogP contribution in [-0.2, 0) is 9.53 Å². The minimum absolute atomic E-state index is 0.100. The van der Waals surface area contributed by atoms with Crippen molar-refractivity contribution in [1.82, 2.24) is 5.32 Å². The van der Waals surface area contributed by atoms with Crippen molar-refractivity contribution in [3.8, 4) is 0 Å². The van der Waals surface area contributed by atoms with Crippen LogP contribution in [0.15, 0.2) is 12.2 Å². The summed E-state index contributed by atoms with van der Waals surface area (Å²) in [7, 11) is 0. The van der Waals surface area contributed by atoms with E-state index >= 15 is 0 Å². The number of amides is 1. The smallest absolute Gasteiger partial charge is 0.225 e. The Hall–Kier alpha value is -0.830. The highest BCUT2D eigenvalue weighted by Crippen LogP contribution is 2.67. The molecule has 3 saturated carbocycles. The Kier molecular flexibility index (Phi) is 1.95. The second kappa shape index (κ2) is 3.19. The van der Waals surface area contributed by atoms with E-state index in [9.17, 15) is 4.79 Å². The number of hydrogen-bond donors (Lipinski definition) is 1. The molecule has 2 bridgehead atoms. The topological polar surface area (TPSA) is 38.3 Å². The third kappa shape index (κ3) is 1.16. The fourth-order valence-electron chi connectivity index (χ4n) is 4.98. The SMILES string of the molecule is C=C1CC[C@@H]2CC1[C@@]21CO[C@@]2(C[C@H](C)C(=O)N2)C1. The molecule has 98 valence electrons. The second-order valence-electron chi connectivity index (χ2n) is 6.97. The van der Waals surface area contributed by atoms with Gasteiger partial charge in [-0.15, -0.1) is 0 Å². The van der Waals surface area contributed by atoms with E-state index in [4.69, 9.17) is 4.74 Å². The van der Waals surface area contributed by atoms with Gasteiger partial charge in [-0.3, -0.25) is 4.79 Å². The van der Waals surface area contributed by atoms with E-state index in [1.54, 1.807) is 0 Å². The van der Waals surface area contributed by atoms with Crippen LogP contribution in [0.25, 0.3) is 0 Å². The highest BCUT2D eigenvalue weighted by Gasteiger charge is 2.66. The number of fused-ring (bicyclic) bond motifs is 2. The van der Waals surface area contributed by atoms with Crippen LogP contribution in [0.3, 0.4) is 0 Å². The molecule has 18 heavy (non-hydrogen) atoms. The zero-order valence-electron chi connectivity index (χ0n) is 11.0. The summed E-state index contributed by atoms with van der Waals surface area (Å²) in [6.45, 7) is 7.08. The monoisotopic (exact) mass is 247 g/mol. The molecule has 5 rings (SSSR count). The van der Waals surface area contributed by atoms with E-state index < -0.39 is 0 Å². The van der Waals surface area contributed by atoms with Crippen molar-refractivity contribution >= 4 is 5.91 Å². The molecule has 2 aliphatic heterocycles. The third-order valence-corrected chi connectivity index (χ3v) is 6.00. The highest BCUT2D eigenvalue weighted by atomic mass is 16.5. The maximum atomic E-state index is 11.8. The summed E-state index contributed by atoms with van der Waals surface area (Å²) < 4.78 is 6.11. The van der Waals surface area contributed by atoms with E-state index in [0.717, 1.165) is 25.4 Å². The van der Waals surface area contributed by atoms with Gasteiger partial charge in [0.05, 0.1) is 6.61 Å². The van der Waals surface area contributed by atoms with Crippen LogP contribution in [0.1, 0.15) is 39.0 Å². The van der Waals surface area contributed by atoms with E-state index in [1.807, 2.05) is 6.92 Å². The second-order valence-corrected chi connectivity index (χ2v) is 6.97. The normalized spacial score (nSPS) is 53.9. The Morgan fingerprint density at radius 2 is 2.33 bits per heavy atom. The summed E-state index contributed by atoms with van der Waals surface area (Å²) in [6.07, 6.45) is 5.65. The highest BCUT2D eigenvalue weighted by molar-refractivity contribution is 5.81. The Labute approximate surface area is 108 Å². The van der Waals surface area contributed by atoms with Crippen molar-refractivity contribution in [2.45, 2.75) is 44.8 Å². The van der Waals surface area contributed by atoms with Crippen molar-refractivity contribution in [1.29, 1.82) is 0 Å². The Balaban J connectivity index is 1.61. The number of hydrogen-bond acceptors (Lipinski definition) is 2. The minimum Gasteiger partial charge on any atom is -0.355 e. The Morgan fingerprint density at radius 1 is 1.50 bits per heavy atom. The molecule has 5 aliphatic rings. The maximum absolute atomic E-state index is 11.8. The molecule has 0 aromatic heterocycles. The van der Waals surface area contributed by atoms with Crippen molar-refractivity contribution in [2.24, 2.45) is 23.2 Å². The number of allylic oxidation sites excluding steroid dienone is 1. The number of ether oxygens (including phenoxy) is 1. The Morgan fingerprint density at radius 3 is 2.94 bits per heavy atom. The molecule has 2 saturated heterocycles. The lowest BCUT2D eigenvalue weighted by atomic mass is 9.45. The predicted molar refractivity (Wildman–Crippen MR) is 67.6 cm³/mol. The number of nitrogens with one attached hydrogen (secondary N) is 1. The lowest BCUT2D eigenvalue weighted by Crippen LogP contribution is -2.54. The number of carbonyl (C=O) groups is 1. The molecule has 5 atom stereocenters. The average Bonchev–Trinajstić information content (AvgIpc) is 2.82. The van der Waals surface area contributed by atoms with Gasteiger partial charge in [0.1, 0.15) is 5.72 Å². The quantitative estimate of drug-likeness (QED) is 0.667. The molecular weight excluding hydrogens is 226 g/mol. The maximum Gasteiger partial charge on any atom is 0.225 e. The van der Waals surface area contributed by atoms with E-state index in [1.165, 1.54) is 24.8 Å². The fourth-order valence-corrected chi connectivity index (χ4v) is 4.98. The van der Waals surface area contributed by atoms with Gasteiger partial charge in [-0.2, -0.15) is 0 Å². The number of rotatable bonds is 0. The molecule has 1 amide bonds. The largest absolute Gasteiger partial charge is 0.355 e. The Bertz CT molecular complexity index is 444. The van der Waals surface area contributed by atoms with Gasteiger partial charge < -0.3 is 10.1 Å². The molecule has 2 heterocycles. The summed E-state index contributed by atoms with van der Waals surface area (Å²) >= 11 is 0. The van der Waals surface area contributed by atoms with Crippen LogP contribution >= 0.6 is 0 Å². The zero-order chi connectivity index (χ0) is 12.5. The molecule has 1 unspecified atom stereocenters. The van der Waals surface area contributed by atoms with Gasteiger partial charge >= 0.3 is 0 Å². The van der Waals surface area contributed by atoms with Gasteiger partial charge in [0, 0.05) is 24.2 Å². The fraction of sp³-hybridized carbons (Fsp3) is 0.800. The molecule has 3 heteroatoms. The molecular formula is C15H21NO2. The molecule has 0 aromatic carbocycles. The van der Waals surface area contributed by atoms with E-state index in [2.05, 4.69) is 11.9 Å². The standard InChI is InChI=1S/C15H21NO2/c1-9-3-4-11-5-12(9)14(11)7-15(18-8-14)6-10(2)13(17)16-15/h10-12H,1,3-8H2,2H3,(H,16,17)/t10-,11+,12?,14-,15-/m0/s1. The van der Waals surface area contributed by atoms with Gasteiger partial charge in [0.15, 0.2) is 0 Å². The molecule has 0 aromatic rings. The predicted octanol–water partition coefficient (Wildman–Crippen LogP) is 2.23. The molecule has 3 nitrogen and oxygen atoms in total. The van der Waals surface area contributed by atoms with Crippen LogP contribution in [-0.4, -0.2) is 18.2 Å². The van der Waals surface area contributed by atoms with Crippen molar-refractivity contribution in [3.63, 3.8) is 0 Å². The summed E-state index contributed by atoms with van der Waals surface area (Å²) in [6, 6.07) is 0. The first-order chi connectivity index (χ1) is 8.55. The van der Waals surface area contributed by atoms with Crippen molar-refractivity contribution in [2.75, 3.05) is 6.61 Å². The first-order valence-electron chi connectivity index (χ1n) is 7.18. The third-order valence-electron chi connectivity index (χ3n) is 6.00. The zero-order valence-corrected chi connectivity index (χ0v) is 11.0. The van der Waals surface area contributed by atoms with Gasteiger partial charge in [0.25, 0.3) is 0 Å². The molecule has 2 spiro atoms. The van der Waals surface area contributed by atoms with Crippen LogP contribution < -0.4 is 5.32 Å². The molecule has 1 N–H and O–H groups in total. The number of carbonyl (C=O) groups excluding carboxylic acids is 1. The van der Waals surface area contributed by atoms with Crippen LogP contribution in [0.5, 0.6) is 0 Å². The van der Waals surface area contributed by atoms with Gasteiger partial charge in [-0.05, 0) is 31.1 Å². The first kappa shape index (κ1) is 11.0. The lowest BCUT2D eigenvalue weighted by molar-refractivity contribution is -0.124. The minimum atomic E-state index is -0.342. The summed E-state index contributed by atoms with van der Waals surface area (Å²) in [5.74, 6) is 1.72. The molecule has 0 radical (unpaired) electrons. The average molecular weight is 247 g/mol. The first-order valence-corrected chi connectivity index (χ1v) is 7.18. The molecule has 5 fully saturated rings. The van der Waals surface area contributed by atoms with Crippen LogP contribution in [0, 0.1) is 23.2 Å². The van der Waals surface area contributed by atoms with Crippen LogP contribution in [0.2, 0.25) is 0 Å². The molecule has 3 aliphatic carbocycles. The van der Waals surface area contributed by atoms with E-state index in [0.29, 0.717) is 11.3 Å². The van der Waals surface area contributed by atoms with Crippen LogP contribution in [0.4, 0.5) is 0 Å². The summed E-state index contributed by atoms with van der Waals surface area (Å²) in [4.78, 5) is 11.8. The van der Waals surface area contributed by atoms with Crippen molar-refractivity contribution < 1.29 is 9.53 Å². The van der Waals surface area contributed by atoms with Gasteiger partial charge in [0.2, 0.25) is 5.91 Å². The lowest BCUT2D eigenvalue weighted by Gasteiger charge is -2.58. The van der Waals surface area contributed by atoms with E-state index in [-0.39, 0.29) is 17.6 Å². The van der Waals surface area contributed by atoms with Gasteiger partial charge in [-0.1, -0.05) is 19.1 Å². The summed E-state index contributed by atoms with van der Waals surface area (Å²) in [5, 5.41) is 3.12. The van der Waals surface area contributed by atoms with Gasteiger partial charge in [-0.25, -0.2) is 0 Å². The van der Waals surface area contributed by atoms with Crippen molar-refractivity contribution in [3.05, 3.63) is 12.2 Å².